The molecular formula is C9H5F2N3O2. The maximum atomic E-state index is 13.3. The smallest absolute Gasteiger partial charge is 0.339 e. The summed E-state index contributed by atoms with van der Waals surface area (Å²) < 4.78 is 26.6. The number of pyridine rings is 1. The Kier molecular flexibility index (Phi) is 2.35. The lowest BCUT2D eigenvalue weighted by Gasteiger charge is -2.02. The molecule has 2 rings (SSSR count). The Balaban J connectivity index is 2.68. The van der Waals surface area contributed by atoms with E-state index in [1.165, 1.54) is 0 Å². The highest BCUT2D eigenvalue weighted by Crippen LogP contribution is 2.26. The molecule has 2 aromatic rings. The molecule has 0 unspecified atom stereocenters. The van der Waals surface area contributed by atoms with Crippen LogP contribution in [0.5, 0.6) is 0 Å². The molecule has 0 aromatic carbocycles. The first-order chi connectivity index (χ1) is 7.61. The molecule has 2 aromatic heterocycles. The van der Waals surface area contributed by atoms with Gasteiger partial charge in [0.2, 0.25) is 0 Å². The number of carboxylic acid groups (broad SMARTS) is 1. The molecule has 0 amide bonds. The summed E-state index contributed by atoms with van der Waals surface area (Å²) in [5.41, 5.74) is -1.00. The van der Waals surface area contributed by atoms with E-state index in [4.69, 9.17) is 5.11 Å². The monoisotopic (exact) mass is 225 g/mol. The average molecular weight is 225 g/mol. The zero-order valence-corrected chi connectivity index (χ0v) is 7.74. The number of hydrogen-bond acceptors (Lipinski definition) is 3. The summed E-state index contributed by atoms with van der Waals surface area (Å²) in [6, 6.07) is 0. The predicted molar refractivity (Wildman–Crippen MR) is 48.7 cm³/mol. The van der Waals surface area contributed by atoms with Crippen LogP contribution in [0.25, 0.3) is 11.3 Å². The summed E-state index contributed by atoms with van der Waals surface area (Å²) in [4.78, 5) is 14.1. The second-order valence-corrected chi connectivity index (χ2v) is 2.94. The molecule has 0 fully saturated rings. The molecule has 0 aliphatic heterocycles. The summed E-state index contributed by atoms with van der Waals surface area (Å²) in [5.74, 6) is -3.22. The van der Waals surface area contributed by atoms with Gasteiger partial charge in [-0.1, -0.05) is 0 Å². The van der Waals surface area contributed by atoms with E-state index >= 15 is 0 Å². The molecule has 7 heteroatoms. The van der Waals surface area contributed by atoms with E-state index in [1.807, 2.05) is 0 Å². The molecule has 0 radical (unpaired) electrons. The number of rotatable bonds is 2. The van der Waals surface area contributed by atoms with Crippen molar-refractivity contribution in [3.05, 3.63) is 35.8 Å². The van der Waals surface area contributed by atoms with Gasteiger partial charge >= 0.3 is 5.97 Å². The highest BCUT2D eigenvalue weighted by molar-refractivity contribution is 5.94. The van der Waals surface area contributed by atoms with Gasteiger partial charge in [-0.05, 0) is 0 Å². The summed E-state index contributed by atoms with van der Waals surface area (Å²) in [6.45, 7) is 0. The van der Waals surface area contributed by atoms with Crippen molar-refractivity contribution >= 4 is 5.97 Å². The van der Waals surface area contributed by atoms with Crippen molar-refractivity contribution in [3.63, 3.8) is 0 Å². The van der Waals surface area contributed by atoms with Gasteiger partial charge in [0.05, 0.1) is 29.8 Å². The maximum absolute atomic E-state index is 13.3. The number of aromatic nitrogens is 3. The number of nitrogens with zero attached hydrogens (tertiary/aromatic N) is 2. The molecule has 82 valence electrons. The quantitative estimate of drug-likeness (QED) is 0.810. The van der Waals surface area contributed by atoms with Gasteiger partial charge in [-0.2, -0.15) is 5.10 Å². The van der Waals surface area contributed by atoms with Crippen LogP contribution in [0.4, 0.5) is 8.78 Å². The van der Waals surface area contributed by atoms with Crippen LogP contribution in [0.15, 0.2) is 18.6 Å². The SMILES string of the molecule is O=C(O)c1cn[nH]c1-c1c(F)cncc1F. The third-order valence-electron chi connectivity index (χ3n) is 1.97. The van der Waals surface area contributed by atoms with E-state index in [0.717, 1.165) is 18.6 Å². The lowest BCUT2D eigenvalue weighted by Crippen LogP contribution is -2.00. The number of H-pyrrole nitrogens is 1. The topological polar surface area (TPSA) is 78.9 Å². The maximum Gasteiger partial charge on any atom is 0.339 e. The second-order valence-electron chi connectivity index (χ2n) is 2.94. The van der Waals surface area contributed by atoms with Crippen LogP contribution in [0.2, 0.25) is 0 Å². The minimum atomic E-state index is -1.32. The molecule has 0 atom stereocenters. The fourth-order valence-electron chi connectivity index (χ4n) is 1.29. The zero-order chi connectivity index (χ0) is 11.7. The highest BCUT2D eigenvalue weighted by Gasteiger charge is 2.20. The van der Waals surface area contributed by atoms with E-state index in [-0.39, 0.29) is 11.3 Å². The van der Waals surface area contributed by atoms with Crippen molar-refractivity contribution in [2.75, 3.05) is 0 Å². The standard InChI is InChI=1S/C9H5F2N3O2/c10-5-2-12-3-6(11)7(5)8-4(9(15)16)1-13-14-8/h1-3H,(H,13,14)(H,15,16). The Hall–Kier alpha value is -2.31. The van der Waals surface area contributed by atoms with Crippen LogP contribution in [0.1, 0.15) is 10.4 Å². The van der Waals surface area contributed by atoms with Gasteiger partial charge < -0.3 is 5.11 Å². The molecular weight excluding hydrogens is 220 g/mol. The number of nitrogens with one attached hydrogen (secondary N) is 1. The van der Waals surface area contributed by atoms with Gasteiger partial charge in [0, 0.05) is 0 Å². The number of halogens is 2. The Labute approximate surface area is 87.8 Å². The van der Waals surface area contributed by atoms with Crippen molar-refractivity contribution in [2.24, 2.45) is 0 Å². The summed E-state index contributed by atoms with van der Waals surface area (Å²) >= 11 is 0. The third-order valence-corrected chi connectivity index (χ3v) is 1.97. The van der Waals surface area contributed by atoms with Gasteiger partial charge in [-0.25, -0.2) is 13.6 Å². The van der Waals surface area contributed by atoms with Crippen LogP contribution in [0, 0.1) is 11.6 Å². The van der Waals surface area contributed by atoms with E-state index < -0.39 is 23.2 Å². The van der Waals surface area contributed by atoms with E-state index in [2.05, 4.69) is 15.2 Å². The molecule has 0 bridgehead atoms. The van der Waals surface area contributed by atoms with Gasteiger partial charge in [0.15, 0.2) is 11.6 Å². The molecule has 0 saturated carbocycles. The zero-order valence-electron chi connectivity index (χ0n) is 7.74. The van der Waals surface area contributed by atoms with Crippen molar-refractivity contribution in [3.8, 4) is 11.3 Å². The van der Waals surface area contributed by atoms with Crippen molar-refractivity contribution in [1.29, 1.82) is 0 Å². The lowest BCUT2D eigenvalue weighted by molar-refractivity contribution is 0.0698. The Morgan fingerprint density at radius 2 is 1.88 bits per heavy atom. The number of carbonyl (C=O) groups is 1. The van der Waals surface area contributed by atoms with Crippen molar-refractivity contribution in [2.45, 2.75) is 0 Å². The Morgan fingerprint density at radius 3 is 2.44 bits per heavy atom. The van der Waals surface area contributed by atoms with Crippen LogP contribution >= 0.6 is 0 Å². The lowest BCUT2D eigenvalue weighted by atomic mass is 10.1. The van der Waals surface area contributed by atoms with Gasteiger partial charge in [-0.3, -0.25) is 10.1 Å². The molecule has 0 aliphatic carbocycles. The molecule has 2 N–H and O–H groups in total. The molecule has 5 nitrogen and oxygen atoms in total. The molecule has 2 heterocycles. The molecule has 16 heavy (non-hydrogen) atoms. The first kappa shape index (κ1) is 10.2. The molecule has 0 spiro atoms. The van der Waals surface area contributed by atoms with Crippen LogP contribution in [0.3, 0.4) is 0 Å². The predicted octanol–water partition coefficient (Wildman–Crippen LogP) is 1.45. The number of carboxylic acids is 1. The number of aromatic carboxylic acids is 1. The summed E-state index contributed by atoms with van der Waals surface area (Å²) in [6.07, 6.45) is 2.58. The first-order valence-electron chi connectivity index (χ1n) is 4.17. The molecule has 0 aliphatic rings. The van der Waals surface area contributed by atoms with Crippen LogP contribution in [-0.2, 0) is 0 Å². The van der Waals surface area contributed by atoms with E-state index in [9.17, 15) is 13.6 Å². The summed E-state index contributed by atoms with van der Waals surface area (Å²) in [5, 5.41) is 14.5. The average Bonchev–Trinajstić information content (AvgIpc) is 2.66. The van der Waals surface area contributed by atoms with Crippen LogP contribution in [-0.4, -0.2) is 26.3 Å². The van der Waals surface area contributed by atoms with Crippen LogP contribution < -0.4 is 0 Å². The minimum absolute atomic E-state index is 0.218. The van der Waals surface area contributed by atoms with Crippen molar-refractivity contribution in [1.82, 2.24) is 15.2 Å². The van der Waals surface area contributed by atoms with Gasteiger partial charge in [-0.15, -0.1) is 0 Å². The highest BCUT2D eigenvalue weighted by atomic mass is 19.1. The largest absolute Gasteiger partial charge is 0.478 e. The van der Waals surface area contributed by atoms with E-state index in [1.54, 1.807) is 0 Å². The fourth-order valence-corrected chi connectivity index (χ4v) is 1.29. The van der Waals surface area contributed by atoms with Crippen molar-refractivity contribution < 1.29 is 18.7 Å². The Morgan fingerprint density at radius 1 is 1.25 bits per heavy atom. The second kappa shape index (κ2) is 3.69. The minimum Gasteiger partial charge on any atom is -0.478 e. The Bertz CT molecular complexity index is 533. The fraction of sp³-hybridized carbons (Fsp3) is 0. The number of aromatic amines is 1. The van der Waals surface area contributed by atoms with Gasteiger partial charge in [0.1, 0.15) is 5.56 Å². The third kappa shape index (κ3) is 1.52. The molecule has 0 saturated heterocycles. The normalized spacial score (nSPS) is 10.4. The first-order valence-corrected chi connectivity index (χ1v) is 4.17. The number of hydrogen-bond donors (Lipinski definition) is 2. The van der Waals surface area contributed by atoms with E-state index in [0.29, 0.717) is 0 Å². The van der Waals surface area contributed by atoms with Gasteiger partial charge in [0.25, 0.3) is 0 Å². The summed E-state index contributed by atoms with van der Waals surface area (Å²) in [7, 11) is 0.